The summed E-state index contributed by atoms with van der Waals surface area (Å²) in [5.41, 5.74) is 7.16. The second-order valence-corrected chi connectivity index (χ2v) is 6.42. The number of hydrogen-bond donors (Lipinski definition) is 2. The molecule has 6 heteroatoms. The number of aryl methyl sites for hydroxylation is 1. The number of nitrogens with two attached hydrogens (primary N) is 1. The largest absolute Gasteiger partial charge is 0.409 e. The number of hydrogen-bond acceptors (Lipinski definition) is 3. The van der Waals surface area contributed by atoms with Crippen LogP contribution in [0, 0.1) is 12.8 Å². The van der Waals surface area contributed by atoms with Crippen molar-refractivity contribution in [3.8, 4) is 0 Å². The summed E-state index contributed by atoms with van der Waals surface area (Å²) < 4.78 is 0.881. The molecule has 0 bridgehead atoms. The molecule has 0 aliphatic carbocycles. The van der Waals surface area contributed by atoms with Crippen LogP contribution in [-0.4, -0.2) is 34.9 Å². The molecule has 5 nitrogen and oxygen atoms in total. The Labute approximate surface area is 133 Å². The van der Waals surface area contributed by atoms with E-state index in [2.05, 4.69) is 34.9 Å². The number of amidine groups is 1. The Balaban J connectivity index is 2.93. The van der Waals surface area contributed by atoms with Crippen LogP contribution in [0.2, 0.25) is 0 Å². The third-order valence-corrected chi connectivity index (χ3v) is 3.39. The summed E-state index contributed by atoms with van der Waals surface area (Å²) in [7, 11) is 0. The third kappa shape index (κ3) is 5.75. The Morgan fingerprint density at radius 2 is 2.10 bits per heavy atom. The van der Waals surface area contributed by atoms with Crippen LogP contribution in [0.25, 0.3) is 0 Å². The van der Waals surface area contributed by atoms with Gasteiger partial charge < -0.3 is 15.8 Å². The number of nitrogens with zero attached hydrogens (tertiary/aromatic N) is 2. The maximum atomic E-state index is 12.6. The second kappa shape index (κ2) is 8.02. The van der Waals surface area contributed by atoms with Gasteiger partial charge >= 0.3 is 0 Å². The highest BCUT2D eigenvalue weighted by atomic mass is 79.9. The predicted octanol–water partition coefficient (Wildman–Crippen LogP) is 2.99. The Kier molecular flexibility index (Phi) is 6.68. The highest BCUT2D eigenvalue weighted by Crippen LogP contribution is 2.17. The molecule has 0 aliphatic rings. The standard InChI is InChI=1S/C15H22BrN3O2/c1-10(2)9-19(5-4-14(17)18-21)15(20)12-6-11(3)7-13(16)8-12/h6-8,10,21H,4-5,9H2,1-3H3,(H2,17,18). The van der Waals surface area contributed by atoms with Crippen molar-refractivity contribution in [2.75, 3.05) is 13.1 Å². The molecule has 0 heterocycles. The fourth-order valence-corrected chi connectivity index (χ4v) is 2.67. The molecule has 0 fully saturated rings. The molecule has 0 spiro atoms. The van der Waals surface area contributed by atoms with Crippen LogP contribution < -0.4 is 5.73 Å². The van der Waals surface area contributed by atoms with Gasteiger partial charge in [0, 0.05) is 29.5 Å². The number of amides is 1. The van der Waals surface area contributed by atoms with Gasteiger partial charge in [0.15, 0.2) is 0 Å². The van der Waals surface area contributed by atoms with Gasteiger partial charge in [0.1, 0.15) is 5.84 Å². The summed E-state index contributed by atoms with van der Waals surface area (Å²) in [6.07, 6.45) is 0.349. The van der Waals surface area contributed by atoms with Gasteiger partial charge in [0.25, 0.3) is 5.91 Å². The van der Waals surface area contributed by atoms with E-state index in [0.29, 0.717) is 31.0 Å². The fourth-order valence-electron chi connectivity index (χ4n) is 2.06. The first kappa shape index (κ1) is 17.5. The smallest absolute Gasteiger partial charge is 0.253 e. The van der Waals surface area contributed by atoms with Crippen LogP contribution >= 0.6 is 15.9 Å². The lowest BCUT2D eigenvalue weighted by Crippen LogP contribution is -2.36. The van der Waals surface area contributed by atoms with Gasteiger partial charge in [0.2, 0.25) is 0 Å². The highest BCUT2D eigenvalue weighted by molar-refractivity contribution is 9.10. The minimum absolute atomic E-state index is 0.0427. The maximum absolute atomic E-state index is 12.6. The van der Waals surface area contributed by atoms with Gasteiger partial charge in [-0.3, -0.25) is 4.79 Å². The van der Waals surface area contributed by atoms with Gasteiger partial charge in [-0.2, -0.15) is 0 Å². The molecule has 0 saturated heterocycles. The molecule has 0 radical (unpaired) electrons. The van der Waals surface area contributed by atoms with E-state index in [0.717, 1.165) is 10.0 Å². The number of carbonyl (C=O) groups excluding carboxylic acids is 1. The van der Waals surface area contributed by atoms with Gasteiger partial charge in [-0.15, -0.1) is 0 Å². The van der Waals surface area contributed by atoms with E-state index < -0.39 is 0 Å². The average molecular weight is 356 g/mol. The fraction of sp³-hybridized carbons (Fsp3) is 0.467. The minimum atomic E-state index is -0.0427. The molecule has 0 aliphatic heterocycles. The predicted molar refractivity (Wildman–Crippen MR) is 87.6 cm³/mol. The minimum Gasteiger partial charge on any atom is -0.409 e. The van der Waals surface area contributed by atoms with Crippen LogP contribution in [0.3, 0.4) is 0 Å². The van der Waals surface area contributed by atoms with Crippen LogP contribution in [0.5, 0.6) is 0 Å². The van der Waals surface area contributed by atoms with Crippen LogP contribution in [0.15, 0.2) is 27.8 Å². The van der Waals surface area contributed by atoms with E-state index in [-0.39, 0.29) is 11.7 Å². The number of carbonyl (C=O) groups is 1. The van der Waals surface area contributed by atoms with Gasteiger partial charge in [-0.25, -0.2) is 0 Å². The molecule has 1 rings (SSSR count). The zero-order valence-electron chi connectivity index (χ0n) is 12.6. The monoisotopic (exact) mass is 355 g/mol. The summed E-state index contributed by atoms with van der Waals surface area (Å²) in [6, 6.07) is 5.63. The first-order valence-corrected chi connectivity index (χ1v) is 7.65. The van der Waals surface area contributed by atoms with E-state index in [1.165, 1.54) is 0 Å². The molecule has 116 valence electrons. The zero-order valence-corrected chi connectivity index (χ0v) is 14.2. The summed E-state index contributed by atoms with van der Waals surface area (Å²) in [5, 5.41) is 11.6. The van der Waals surface area contributed by atoms with E-state index in [1.54, 1.807) is 4.90 Å². The normalized spacial score (nSPS) is 11.8. The molecule has 0 atom stereocenters. The van der Waals surface area contributed by atoms with Gasteiger partial charge in [-0.1, -0.05) is 34.9 Å². The Morgan fingerprint density at radius 3 is 2.62 bits per heavy atom. The lowest BCUT2D eigenvalue weighted by molar-refractivity contribution is 0.0740. The second-order valence-electron chi connectivity index (χ2n) is 5.50. The molecule has 21 heavy (non-hydrogen) atoms. The first-order valence-electron chi connectivity index (χ1n) is 6.86. The number of benzene rings is 1. The molecule has 0 unspecified atom stereocenters. The Hall–Kier alpha value is -1.56. The van der Waals surface area contributed by atoms with Crippen LogP contribution in [-0.2, 0) is 0 Å². The first-order chi connectivity index (χ1) is 9.83. The highest BCUT2D eigenvalue weighted by Gasteiger charge is 2.18. The van der Waals surface area contributed by atoms with Crippen molar-refractivity contribution in [2.45, 2.75) is 27.2 Å². The topological polar surface area (TPSA) is 78.9 Å². The SMILES string of the molecule is Cc1cc(Br)cc(C(=O)N(CC/C(N)=N/O)CC(C)C)c1. The molecular formula is C15H22BrN3O2. The van der Waals surface area contributed by atoms with Crippen molar-refractivity contribution in [1.29, 1.82) is 0 Å². The third-order valence-electron chi connectivity index (χ3n) is 2.93. The maximum Gasteiger partial charge on any atom is 0.253 e. The summed E-state index contributed by atoms with van der Waals surface area (Å²) >= 11 is 3.41. The van der Waals surface area contributed by atoms with Gasteiger partial charge in [-0.05, 0) is 36.6 Å². The van der Waals surface area contributed by atoms with E-state index in [9.17, 15) is 4.79 Å². The number of rotatable bonds is 6. The van der Waals surface area contributed by atoms with Crippen molar-refractivity contribution in [3.05, 3.63) is 33.8 Å². The van der Waals surface area contributed by atoms with Crippen LogP contribution in [0.1, 0.15) is 36.2 Å². The molecule has 3 N–H and O–H groups in total. The van der Waals surface area contributed by atoms with Crippen molar-refractivity contribution in [2.24, 2.45) is 16.8 Å². The number of halogens is 1. The molecule has 0 saturated carbocycles. The van der Waals surface area contributed by atoms with Crippen molar-refractivity contribution in [3.63, 3.8) is 0 Å². The summed E-state index contributed by atoms with van der Waals surface area (Å²) in [4.78, 5) is 14.4. The molecule has 0 aromatic heterocycles. The van der Waals surface area contributed by atoms with Crippen molar-refractivity contribution < 1.29 is 10.0 Å². The summed E-state index contributed by atoms with van der Waals surface area (Å²) in [5.74, 6) is 0.426. The molecular weight excluding hydrogens is 334 g/mol. The summed E-state index contributed by atoms with van der Waals surface area (Å²) in [6.45, 7) is 7.11. The quantitative estimate of drug-likeness (QED) is 0.356. The van der Waals surface area contributed by atoms with Crippen molar-refractivity contribution >= 4 is 27.7 Å². The van der Waals surface area contributed by atoms with Crippen molar-refractivity contribution in [1.82, 2.24) is 4.90 Å². The van der Waals surface area contributed by atoms with E-state index in [4.69, 9.17) is 10.9 Å². The Bertz CT molecular complexity index is 509. The number of oxime groups is 1. The zero-order chi connectivity index (χ0) is 16.0. The molecule has 1 aromatic rings. The van der Waals surface area contributed by atoms with Gasteiger partial charge in [0.05, 0.1) is 0 Å². The Morgan fingerprint density at radius 1 is 1.43 bits per heavy atom. The lowest BCUT2D eigenvalue weighted by Gasteiger charge is -2.24. The van der Waals surface area contributed by atoms with E-state index >= 15 is 0 Å². The average Bonchev–Trinajstić information content (AvgIpc) is 2.40. The molecule has 1 amide bonds. The lowest BCUT2D eigenvalue weighted by atomic mass is 10.1. The van der Waals surface area contributed by atoms with E-state index in [1.807, 2.05) is 25.1 Å². The van der Waals surface area contributed by atoms with Crippen LogP contribution in [0.4, 0.5) is 0 Å². The molecule has 1 aromatic carbocycles.